The SMILES string of the molecule is COc1cccc(N2CCN(C(=O)c3sc4nc(-c5ccccc5)cn4c3C)CC2)c1. The molecule has 0 radical (unpaired) electrons. The minimum absolute atomic E-state index is 0.0968. The lowest BCUT2D eigenvalue weighted by atomic mass is 10.2. The Balaban J connectivity index is 1.31. The zero-order valence-corrected chi connectivity index (χ0v) is 18.4. The number of benzene rings is 2. The van der Waals surface area contributed by atoms with Crippen LogP contribution in [0.25, 0.3) is 16.2 Å². The van der Waals surface area contributed by atoms with Crippen LogP contribution in [-0.4, -0.2) is 53.5 Å². The molecule has 2 aromatic carbocycles. The van der Waals surface area contributed by atoms with Crippen molar-refractivity contribution in [1.29, 1.82) is 0 Å². The van der Waals surface area contributed by atoms with E-state index in [2.05, 4.69) is 23.1 Å². The lowest BCUT2D eigenvalue weighted by molar-refractivity contribution is 0.0750. The van der Waals surface area contributed by atoms with Gasteiger partial charge in [0.25, 0.3) is 5.91 Å². The van der Waals surface area contributed by atoms with Gasteiger partial charge in [0.2, 0.25) is 0 Å². The Hall–Kier alpha value is -3.32. The van der Waals surface area contributed by atoms with Crippen LogP contribution in [-0.2, 0) is 0 Å². The molecule has 1 aliphatic heterocycles. The molecule has 1 fully saturated rings. The summed E-state index contributed by atoms with van der Waals surface area (Å²) in [5.74, 6) is 0.947. The van der Waals surface area contributed by atoms with Gasteiger partial charge in [-0.05, 0) is 19.1 Å². The summed E-state index contributed by atoms with van der Waals surface area (Å²) >= 11 is 1.47. The third-order valence-electron chi connectivity index (χ3n) is 5.81. The third kappa shape index (κ3) is 3.65. The highest BCUT2D eigenvalue weighted by Gasteiger charge is 2.26. The number of thiazole rings is 1. The van der Waals surface area contributed by atoms with Gasteiger partial charge in [-0.1, -0.05) is 47.7 Å². The maximum atomic E-state index is 13.2. The molecule has 0 spiro atoms. The van der Waals surface area contributed by atoms with Crippen LogP contribution < -0.4 is 9.64 Å². The van der Waals surface area contributed by atoms with Crippen molar-refractivity contribution in [3.63, 3.8) is 0 Å². The summed E-state index contributed by atoms with van der Waals surface area (Å²) in [5, 5.41) is 0. The summed E-state index contributed by atoms with van der Waals surface area (Å²) in [7, 11) is 1.68. The van der Waals surface area contributed by atoms with Crippen LogP contribution in [0.1, 0.15) is 15.4 Å². The predicted molar refractivity (Wildman–Crippen MR) is 124 cm³/mol. The first kappa shape index (κ1) is 19.6. The number of hydrogen-bond acceptors (Lipinski definition) is 5. The van der Waals surface area contributed by atoms with Crippen molar-refractivity contribution < 1.29 is 9.53 Å². The molecule has 158 valence electrons. The fourth-order valence-electron chi connectivity index (χ4n) is 4.02. The average Bonchev–Trinajstić information content (AvgIpc) is 3.39. The summed E-state index contributed by atoms with van der Waals surface area (Å²) in [5.41, 5.74) is 4.10. The fourth-order valence-corrected chi connectivity index (χ4v) is 5.09. The van der Waals surface area contributed by atoms with Crippen molar-refractivity contribution in [2.45, 2.75) is 6.92 Å². The summed E-state index contributed by atoms with van der Waals surface area (Å²) in [6.45, 7) is 5.01. The molecule has 4 aromatic rings. The second-order valence-corrected chi connectivity index (χ2v) is 8.62. The van der Waals surface area contributed by atoms with E-state index in [4.69, 9.17) is 9.72 Å². The first-order valence-electron chi connectivity index (χ1n) is 10.4. The molecule has 31 heavy (non-hydrogen) atoms. The number of hydrogen-bond donors (Lipinski definition) is 0. The van der Waals surface area contributed by atoms with Crippen molar-refractivity contribution in [1.82, 2.24) is 14.3 Å². The molecular formula is C24H24N4O2S. The van der Waals surface area contributed by atoms with E-state index >= 15 is 0 Å². The molecule has 7 heteroatoms. The number of amides is 1. The minimum atomic E-state index is 0.0968. The normalized spacial score (nSPS) is 14.3. The van der Waals surface area contributed by atoms with Gasteiger partial charge in [0.15, 0.2) is 4.96 Å². The monoisotopic (exact) mass is 432 g/mol. The molecule has 1 amide bonds. The van der Waals surface area contributed by atoms with Crippen LogP contribution in [0.2, 0.25) is 0 Å². The number of carbonyl (C=O) groups is 1. The van der Waals surface area contributed by atoms with Crippen LogP contribution in [0.4, 0.5) is 5.69 Å². The lowest BCUT2D eigenvalue weighted by Gasteiger charge is -2.36. The Labute approximate surface area is 185 Å². The molecule has 6 nitrogen and oxygen atoms in total. The van der Waals surface area contributed by atoms with Gasteiger partial charge >= 0.3 is 0 Å². The summed E-state index contributed by atoms with van der Waals surface area (Å²) < 4.78 is 7.37. The van der Waals surface area contributed by atoms with Gasteiger partial charge in [-0.25, -0.2) is 4.98 Å². The molecule has 0 saturated carbocycles. The number of ether oxygens (including phenoxy) is 1. The first-order chi connectivity index (χ1) is 15.1. The molecule has 0 bridgehead atoms. The number of piperazine rings is 1. The molecule has 1 saturated heterocycles. The molecule has 0 unspecified atom stereocenters. The number of imidazole rings is 1. The highest BCUT2D eigenvalue weighted by Crippen LogP contribution is 2.29. The van der Waals surface area contributed by atoms with E-state index in [0.717, 1.165) is 51.3 Å². The van der Waals surface area contributed by atoms with Gasteiger partial charge in [-0.3, -0.25) is 9.20 Å². The second-order valence-electron chi connectivity index (χ2n) is 7.64. The maximum Gasteiger partial charge on any atom is 0.265 e. The standard InChI is InChI=1S/C24H24N4O2S/c1-17-22(31-24-25-21(16-28(17)24)18-7-4-3-5-8-18)23(29)27-13-11-26(12-14-27)19-9-6-10-20(15-19)30-2/h3-10,15-16H,11-14H2,1-2H3. The zero-order valence-electron chi connectivity index (χ0n) is 17.6. The van der Waals surface area contributed by atoms with Crippen molar-refractivity contribution in [3.8, 4) is 17.0 Å². The Kier molecular flexibility index (Phi) is 5.11. The van der Waals surface area contributed by atoms with Gasteiger partial charge in [-0.2, -0.15) is 0 Å². The molecule has 5 rings (SSSR count). The fraction of sp³-hybridized carbons (Fsp3) is 0.250. The topological polar surface area (TPSA) is 50.1 Å². The number of aryl methyl sites for hydroxylation is 1. The Morgan fingerprint density at radius 3 is 2.52 bits per heavy atom. The molecule has 0 aliphatic carbocycles. The smallest absolute Gasteiger partial charge is 0.265 e. The van der Waals surface area contributed by atoms with Crippen molar-refractivity contribution in [2.75, 3.05) is 38.2 Å². The molecular weight excluding hydrogens is 408 g/mol. The van der Waals surface area contributed by atoms with Gasteiger partial charge < -0.3 is 14.5 Å². The van der Waals surface area contributed by atoms with Gasteiger partial charge in [0, 0.05) is 55.4 Å². The molecule has 3 heterocycles. The van der Waals surface area contributed by atoms with Gasteiger partial charge in [0.05, 0.1) is 12.8 Å². The second kappa shape index (κ2) is 8.07. The Morgan fingerprint density at radius 2 is 1.81 bits per heavy atom. The Bertz CT molecular complexity index is 1220. The molecule has 0 atom stereocenters. The number of methoxy groups -OCH3 is 1. The van der Waals surface area contributed by atoms with E-state index in [1.807, 2.05) is 58.8 Å². The largest absolute Gasteiger partial charge is 0.497 e. The van der Waals surface area contributed by atoms with Gasteiger partial charge in [-0.15, -0.1) is 0 Å². The number of anilines is 1. The average molecular weight is 433 g/mol. The van der Waals surface area contributed by atoms with E-state index < -0.39 is 0 Å². The van der Waals surface area contributed by atoms with Crippen LogP contribution in [0, 0.1) is 6.92 Å². The van der Waals surface area contributed by atoms with Crippen molar-refractivity contribution in [3.05, 3.63) is 71.4 Å². The zero-order chi connectivity index (χ0) is 21.4. The number of carbonyl (C=O) groups excluding carboxylic acids is 1. The minimum Gasteiger partial charge on any atom is -0.497 e. The van der Waals surface area contributed by atoms with Crippen LogP contribution >= 0.6 is 11.3 Å². The van der Waals surface area contributed by atoms with Crippen LogP contribution in [0.5, 0.6) is 5.75 Å². The van der Waals surface area contributed by atoms with E-state index in [-0.39, 0.29) is 5.91 Å². The van der Waals surface area contributed by atoms with Crippen molar-refractivity contribution >= 4 is 27.9 Å². The van der Waals surface area contributed by atoms with Crippen LogP contribution in [0.15, 0.2) is 60.8 Å². The van der Waals surface area contributed by atoms with Crippen molar-refractivity contribution in [2.24, 2.45) is 0 Å². The molecule has 2 aromatic heterocycles. The predicted octanol–water partition coefficient (Wildman–Crippen LogP) is 4.34. The third-order valence-corrected chi connectivity index (χ3v) is 6.95. The first-order valence-corrected chi connectivity index (χ1v) is 11.2. The number of nitrogens with zero attached hydrogens (tertiary/aromatic N) is 4. The Morgan fingerprint density at radius 1 is 1.03 bits per heavy atom. The van der Waals surface area contributed by atoms with E-state index in [1.165, 1.54) is 11.3 Å². The van der Waals surface area contributed by atoms with Gasteiger partial charge in [0.1, 0.15) is 10.6 Å². The quantitative estimate of drug-likeness (QED) is 0.481. The highest BCUT2D eigenvalue weighted by molar-refractivity contribution is 7.19. The molecule has 1 aliphatic rings. The summed E-state index contributed by atoms with van der Waals surface area (Å²) in [6, 6.07) is 18.2. The number of rotatable bonds is 4. The van der Waals surface area contributed by atoms with E-state index in [9.17, 15) is 4.79 Å². The number of fused-ring (bicyclic) bond motifs is 1. The van der Waals surface area contributed by atoms with E-state index in [0.29, 0.717) is 13.1 Å². The summed E-state index contributed by atoms with van der Waals surface area (Å²) in [4.78, 5) is 23.9. The maximum absolute atomic E-state index is 13.2. The molecule has 0 N–H and O–H groups in total. The number of aromatic nitrogens is 2. The van der Waals surface area contributed by atoms with Crippen LogP contribution in [0.3, 0.4) is 0 Å². The summed E-state index contributed by atoms with van der Waals surface area (Å²) in [6.07, 6.45) is 2.02. The lowest BCUT2D eigenvalue weighted by Crippen LogP contribution is -2.48. The highest BCUT2D eigenvalue weighted by atomic mass is 32.1. The van der Waals surface area contributed by atoms with E-state index in [1.54, 1.807) is 7.11 Å².